The summed E-state index contributed by atoms with van der Waals surface area (Å²) in [7, 11) is 0.417. The van der Waals surface area contributed by atoms with E-state index in [9.17, 15) is 0 Å². The predicted octanol–water partition coefficient (Wildman–Crippen LogP) is 6.34. The van der Waals surface area contributed by atoms with Gasteiger partial charge in [-0.05, 0) is 13.3 Å². The number of rotatable bonds is 5. The Morgan fingerprint density at radius 2 is 1.80 bits per heavy atom. The van der Waals surface area contributed by atoms with Crippen molar-refractivity contribution in [1.29, 1.82) is 0 Å². The van der Waals surface area contributed by atoms with Gasteiger partial charge >= 0.3 is 138 Å². The number of hydrogen-bond acceptors (Lipinski definition) is 2. The van der Waals surface area contributed by atoms with Gasteiger partial charge in [-0.2, -0.15) is 0 Å². The molecule has 1 fully saturated rings. The molecule has 4 heteroatoms. The van der Waals surface area contributed by atoms with Crippen LogP contribution in [0.2, 0.25) is 13.1 Å². The Morgan fingerprint density at radius 3 is 2.33 bits per heavy atom. The van der Waals surface area contributed by atoms with E-state index >= 15 is 0 Å². The Labute approximate surface area is 198 Å². The number of allylic oxidation sites excluding steroid dienone is 4. The Kier molecular flexibility index (Phi) is 13.6. The van der Waals surface area contributed by atoms with Crippen LogP contribution in [0.5, 0.6) is 0 Å². The summed E-state index contributed by atoms with van der Waals surface area (Å²) in [6, 6.07) is 9.04. The number of piperidine rings is 1. The van der Waals surface area contributed by atoms with Gasteiger partial charge in [-0.1, -0.05) is 31.3 Å². The zero-order chi connectivity index (χ0) is 22.4. The fraction of sp³-hybridized carbons (Fsp3) is 0.538. The molecule has 3 rings (SSSR count). The van der Waals surface area contributed by atoms with E-state index in [1.54, 1.807) is 5.56 Å². The van der Waals surface area contributed by atoms with Crippen molar-refractivity contribution in [2.24, 2.45) is 0 Å². The average Bonchev–Trinajstić information content (AvgIpc) is 3.11. The molecule has 1 aromatic rings. The van der Waals surface area contributed by atoms with Gasteiger partial charge < -0.3 is 0 Å². The minimum atomic E-state index is -0.208. The first-order valence-electron chi connectivity index (χ1n) is 11.7. The van der Waals surface area contributed by atoms with E-state index < -0.39 is 0 Å². The number of hydrogen-bond donors (Lipinski definition) is 1. The third kappa shape index (κ3) is 9.96. The molecule has 0 aromatic heterocycles. The third-order valence-corrected chi connectivity index (χ3v) is 7.36. The first-order chi connectivity index (χ1) is 14.4. The minimum Gasteiger partial charge on any atom is -0.0750 e. The van der Waals surface area contributed by atoms with Crippen molar-refractivity contribution in [2.45, 2.75) is 76.2 Å². The summed E-state index contributed by atoms with van der Waals surface area (Å²) >= 11 is -0.208. The van der Waals surface area contributed by atoms with Crippen LogP contribution in [0.25, 0.3) is 5.70 Å². The van der Waals surface area contributed by atoms with Crippen LogP contribution in [0.4, 0.5) is 0 Å². The van der Waals surface area contributed by atoms with Crippen LogP contribution in [-0.2, 0) is 19.4 Å². The monoisotopic (exact) mass is 460 g/mol. The molecule has 1 atom stereocenters. The molecule has 1 aliphatic carbocycles. The summed E-state index contributed by atoms with van der Waals surface area (Å²) in [5.74, 6) is 0. The van der Waals surface area contributed by atoms with Gasteiger partial charge in [0.1, 0.15) is 0 Å². The Balaban J connectivity index is 0.000000426. The van der Waals surface area contributed by atoms with Crippen molar-refractivity contribution in [3.05, 3.63) is 66.3 Å². The van der Waals surface area contributed by atoms with Gasteiger partial charge in [-0.25, -0.2) is 0 Å². The summed E-state index contributed by atoms with van der Waals surface area (Å²) < 4.78 is 4.43. The molecule has 0 amide bonds. The molecule has 1 saturated heterocycles. The fourth-order valence-electron chi connectivity index (χ4n) is 3.40. The molecule has 0 saturated carbocycles. The van der Waals surface area contributed by atoms with Crippen molar-refractivity contribution >= 4 is 15.2 Å². The molecule has 2 aliphatic rings. The number of nitrogens with zero attached hydrogens (tertiary/aromatic N) is 1. The fourth-order valence-corrected chi connectivity index (χ4v) is 5.33. The van der Waals surface area contributed by atoms with Gasteiger partial charge in [0, 0.05) is 9.52 Å². The topological polar surface area (TPSA) is 15.3 Å². The molecule has 2 nitrogen and oxygen atoms in total. The second kappa shape index (κ2) is 15.0. The van der Waals surface area contributed by atoms with E-state index in [-0.39, 0.29) is 24.9 Å². The first kappa shape index (κ1) is 27.2. The molecule has 30 heavy (non-hydrogen) atoms. The van der Waals surface area contributed by atoms with Gasteiger partial charge in [-0.15, -0.1) is 6.58 Å². The van der Waals surface area contributed by atoms with Crippen molar-refractivity contribution in [2.75, 3.05) is 13.1 Å². The van der Waals surface area contributed by atoms with Crippen LogP contribution in [0.15, 0.2) is 55.1 Å². The normalized spacial score (nSPS) is 17.9. The molecule has 0 radical (unpaired) electrons. The van der Waals surface area contributed by atoms with Crippen molar-refractivity contribution in [1.82, 2.24) is 8.70 Å². The maximum absolute atomic E-state index is 3.79. The molecule has 0 bridgehead atoms. The molecule has 1 aromatic carbocycles. The number of likely N-dealkylation sites (tertiary alicyclic amines) is 1. The van der Waals surface area contributed by atoms with Gasteiger partial charge in [-0.3, -0.25) is 0 Å². The second-order valence-corrected chi connectivity index (χ2v) is 12.2. The Bertz CT molecular complexity index is 670. The van der Waals surface area contributed by atoms with Crippen molar-refractivity contribution in [3.8, 4) is 0 Å². The Morgan fingerprint density at radius 1 is 1.17 bits per heavy atom. The minimum absolute atomic E-state index is 0.208. The van der Waals surface area contributed by atoms with Crippen LogP contribution in [0, 0.1) is 0 Å². The summed E-state index contributed by atoms with van der Waals surface area (Å²) in [4.78, 5) is 2.62. The van der Waals surface area contributed by atoms with Crippen LogP contribution in [0.1, 0.15) is 68.7 Å². The smallest absolute Gasteiger partial charge is 0.0135 e. The van der Waals surface area contributed by atoms with E-state index in [0.717, 1.165) is 6.42 Å². The summed E-state index contributed by atoms with van der Waals surface area (Å²) in [6.07, 6.45) is 13.6. The molecular weight excluding hydrogens is 416 g/mol. The van der Waals surface area contributed by atoms with E-state index in [1.165, 1.54) is 43.6 Å². The van der Waals surface area contributed by atoms with Gasteiger partial charge in [0.2, 0.25) is 0 Å². The average molecular weight is 461 g/mol. The van der Waals surface area contributed by atoms with E-state index in [2.05, 4.69) is 85.6 Å². The van der Waals surface area contributed by atoms with Gasteiger partial charge in [0.05, 0.1) is 0 Å². The third-order valence-electron chi connectivity index (χ3n) is 4.73. The molecule has 1 heterocycles. The zero-order valence-corrected chi connectivity index (χ0v) is 23.3. The number of benzene rings is 1. The van der Waals surface area contributed by atoms with Crippen molar-refractivity contribution in [3.63, 3.8) is 0 Å². The predicted molar refractivity (Wildman–Crippen MR) is 135 cm³/mol. The van der Waals surface area contributed by atoms with E-state index in [4.69, 9.17) is 0 Å². The van der Waals surface area contributed by atoms with E-state index in [1.807, 2.05) is 19.1 Å². The van der Waals surface area contributed by atoms with Crippen molar-refractivity contribution < 1.29 is 19.4 Å². The second-order valence-electron chi connectivity index (χ2n) is 8.98. The Hall–Kier alpha value is -0.869. The SMILES string of the molecule is C=CCC=CC.CC(C)(C)[NH][Ti][CH]1C=C(N2CCCCC2)c2ccccc21.C[SiH2]C. The summed E-state index contributed by atoms with van der Waals surface area (Å²) in [5.41, 5.74) is 4.78. The first-order valence-corrected chi connectivity index (χ1v) is 16.2. The molecule has 1 N–H and O–H groups in total. The zero-order valence-electron chi connectivity index (χ0n) is 20.3. The quantitative estimate of drug-likeness (QED) is 0.407. The largest absolute Gasteiger partial charge is 0.0750 e. The van der Waals surface area contributed by atoms with Gasteiger partial charge in [0.25, 0.3) is 0 Å². The summed E-state index contributed by atoms with van der Waals surface area (Å²) in [6.45, 7) is 19.4. The summed E-state index contributed by atoms with van der Waals surface area (Å²) in [5, 5.41) is 0. The van der Waals surface area contributed by atoms with Crippen LogP contribution in [0.3, 0.4) is 0 Å². The molecule has 166 valence electrons. The molecular formula is C26H44N2SiTi. The number of fused-ring (bicyclic) bond motifs is 1. The van der Waals surface area contributed by atoms with E-state index in [0.29, 0.717) is 13.7 Å². The van der Waals surface area contributed by atoms with Crippen LogP contribution in [-0.4, -0.2) is 33.0 Å². The number of nitrogens with one attached hydrogen (secondary N) is 1. The standard InChI is InChI=1S/C14H16N.C6H10.C4H10N.C2H8Si.Ti/c1-4-10-15(11-5-1)14-9-8-12-6-2-3-7-13(12)14;1-3-5-6-4-2;1-4(2,3)5;1-3-2;/h2-3,6-9H,1,4-5,10-11H2;3-4,6H,1,5H2,2H3;5H,1-3H3;3H2,1-2H3;/q;;-1;;+1. The maximum Gasteiger partial charge on any atom is 0.0135 e. The molecule has 1 unspecified atom stereocenters. The molecule has 1 aliphatic heterocycles. The van der Waals surface area contributed by atoms with Crippen LogP contribution >= 0.6 is 0 Å². The van der Waals surface area contributed by atoms with Gasteiger partial charge in [0.15, 0.2) is 0 Å². The van der Waals surface area contributed by atoms with Crippen LogP contribution < -0.4 is 3.80 Å². The molecule has 0 spiro atoms. The maximum atomic E-state index is 3.79.